The van der Waals surface area contributed by atoms with Crippen LogP contribution in [0.15, 0.2) is 0 Å². The number of rotatable bonds is 7. The van der Waals surface area contributed by atoms with Crippen LogP contribution >= 0.6 is 0 Å². The lowest BCUT2D eigenvalue weighted by molar-refractivity contribution is 0.335. The van der Waals surface area contributed by atoms with Crippen LogP contribution in [0.1, 0.15) is 66.2 Å². The number of hydrogen-bond acceptors (Lipinski definition) is 0. The fourth-order valence-corrected chi connectivity index (χ4v) is 2.65. The first-order chi connectivity index (χ1) is 6.63. The SMILES string of the molecule is CCCCC(CC(C)C)CC1CC1C. The van der Waals surface area contributed by atoms with Gasteiger partial charge >= 0.3 is 0 Å². The van der Waals surface area contributed by atoms with Crippen molar-refractivity contribution in [1.29, 1.82) is 0 Å². The Hall–Kier alpha value is 0. The van der Waals surface area contributed by atoms with E-state index in [2.05, 4.69) is 27.7 Å². The summed E-state index contributed by atoms with van der Waals surface area (Å²) in [6.07, 6.45) is 8.80. The third-order valence-electron chi connectivity index (χ3n) is 3.68. The Kier molecular flexibility index (Phi) is 4.98. The van der Waals surface area contributed by atoms with Crippen molar-refractivity contribution >= 4 is 0 Å². The summed E-state index contributed by atoms with van der Waals surface area (Å²) >= 11 is 0. The first-order valence-electron chi connectivity index (χ1n) is 6.63. The topological polar surface area (TPSA) is 0 Å². The third-order valence-corrected chi connectivity index (χ3v) is 3.68. The maximum absolute atomic E-state index is 2.41. The second kappa shape index (κ2) is 5.78. The molecule has 1 fully saturated rings. The van der Waals surface area contributed by atoms with E-state index in [0.29, 0.717) is 0 Å². The van der Waals surface area contributed by atoms with Gasteiger partial charge in [0.25, 0.3) is 0 Å². The lowest BCUT2D eigenvalue weighted by Crippen LogP contribution is -2.06. The summed E-state index contributed by atoms with van der Waals surface area (Å²) in [5, 5.41) is 0. The zero-order valence-electron chi connectivity index (χ0n) is 10.6. The van der Waals surface area contributed by atoms with Gasteiger partial charge in [0, 0.05) is 0 Å². The maximum atomic E-state index is 2.41. The Balaban J connectivity index is 2.21. The van der Waals surface area contributed by atoms with Crippen molar-refractivity contribution in [2.45, 2.75) is 66.2 Å². The summed E-state index contributed by atoms with van der Waals surface area (Å²) in [7, 11) is 0. The Labute approximate surface area is 90.5 Å². The zero-order chi connectivity index (χ0) is 10.6. The molecule has 1 aliphatic rings. The molecule has 3 atom stereocenters. The molecule has 0 heteroatoms. The van der Waals surface area contributed by atoms with E-state index < -0.39 is 0 Å². The van der Waals surface area contributed by atoms with Gasteiger partial charge in [-0.05, 0) is 42.9 Å². The molecule has 1 rings (SSSR count). The molecular weight excluding hydrogens is 168 g/mol. The molecule has 0 bridgehead atoms. The van der Waals surface area contributed by atoms with Gasteiger partial charge in [0.1, 0.15) is 0 Å². The summed E-state index contributed by atoms with van der Waals surface area (Å²) in [4.78, 5) is 0. The van der Waals surface area contributed by atoms with Gasteiger partial charge in [-0.1, -0.05) is 47.0 Å². The predicted octanol–water partition coefficient (Wildman–Crippen LogP) is 4.89. The van der Waals surface area contributed by atoms with Crippen molar-refractivity contribution in [1.82, 2.24) is 0 Å². The largest absolute Gasteiger partial charge is 0.0654 e. The Morgan fingerprint density at radius 1 is 1.29 bits per heavy atom. The van der Waals surface area contributed by atoms with Crippen LogP contribution in [-0.4, -0.2) is 0 Å². The number of hydrogen-bond donors (Lipinski definition) is 0. The Bertz CT molecular complexity index is 148. The van der Waals surface area contributed by atoms with Crippen molar-refractivity contribution in [3.63, 3.8) is 0 Å². The second-order valence-corrected chi connectivity index (χ2v) is 5.85. The van der Waals surface area contributed by atoms with E-state index in [1.54, 1.807) is 0 Å². The normalized spacial score (nSPS) is 28.1. The predicted molar refractivity (Wildman–Crippen MR) is 64.4 cm³/mol. The quantitative estimate of drug-likeness (QED) is 0.544. The zero-order valence-corrected chi connectivity index (χ0v) is 10.6. The Morgan fingerprint density at radius 3 is 2.36 bits per heavy atom. The number of unbranched alkanes of at least 4 members (excludes halogenated alkanes) is 1. The summed E-state index contributed by atoms with van der Waals surface area (Å²) in [5.74, 6) is 4.07. The van der Waals surface area contributed by atoms with E-state index in [-0.39, 0.29) is 0 Å². The lowest BCUT2D eigenvalue weighted by Gasteiger charge is -2.18. The smallest absolute Gasteiger partial charge is 0.0383 e. The molecule has 3 unspecified atom stereocenters. The maximum Gasteiger partial charge on any atom is -0.0383 e. The van der Waals surface area contributed by atoms with Crippen LogP contribution in [0.2, 0.25) is 0 Å². The van der Waals surface area contributed by atoms with Gasteiger partial charge < -0.3 is 0 Å². The highest BCUT2D eigenvalue weighted by Crippen LogP contribution is 2.44. The Morgan fingerprint density at radius 2 is 1.93 bits per heavy atom. The van der Waals surface area contributed by atoms with Crippen LogP contribution < -0.4 is 0 Å². The van der Waals surface area contributed by atoms with E-state index in [0.717, 1.165) is 23.7 Å². The fourth-order valence-electron chi connectivity index (χ4n) is 2.65. The van der Waals surface area contributed by atoms with Gasteiger partial charge in [-0.2, -0.15) is 0 Å². The third kappa shape index (κ3) is 4.48. The molecule has 0 aliphatic heterocycles. The highest BCUT2D eigenvalue weighted by atomic mass is 14.4. The van der Waals surface area contributed by atoms with Crippen LogP contribution in [0.25, 0.3) is 0 Å². The molecule has 14 heavy (non-hydrogen) atoms. The molecule has 0 nitrogen and oxygen atoms in total. The van der Waals surface area contributed by atoms with E-state index in [9.17, 15) is 0 Å². The minimum atomic E-state index is 0.894. The molecule has 1 saturated carbocycles. The van der Waals surface area contributed by atoms with Crippen LogP contribution in [0, 0.1) is 23.7 Å². The molecule has 1 aliphatic carbocycles. The van der Waals surface area contributed by atoms with Gasteiger partial charge in [0.15, 0.2) is 0 Å². The summed E-state index contributed by atoms with van der Waals surface area (Å²) < 4.78 is 0. The van der Waals surface area contributed by atoms with Crippen LogP contribution in [0.5, 0.6) is 0 Å². The van der Waals surface area contributed by atoms with E-state index in [4.69, 9.17) is 0 Å². The molecular formula is C14H28. The summed E-state index contributed by atoms with van der Waals surface area (Å²) in [5.41, 5.74) is 0. The molecule has 0 saturated heterocycles. The minimum absolute atomic E-state index is 0.894. The molecule has 0 spiro atoms. The fraction of sp³-hybridized carbons (Fsp3) is 1.00. The van der Waals surface area contributed by atoms with E-state index in [1.807, 2.05) is 0 Å². The van der Waals surface area contributed by atoms with Crippen molar-refractivity contribution in [3.8, 4) is 0 Å². The highest BCUT2D eigenvalue weighted by molar-refractivity contribution is 4.84. The monoisotopic (exact) mass is 196 g/mol. The molecule has 0 aromatic carbocycles. The first-order valence-corrected chi connectivity index (χ1v) is 6.63. The first kappa shape index (κ1) is 12.1. The highest BCUT2D eigenvalue weighted by Gasteiger charge is 2.34. The molecule has 0 radical (unpaired) electrons. The van der Waals surface area contributed by atoms with Crippen molar-refractivity contribution in [3.05, 3.63) is 0 Å². The van der Waals surface area contributed by atoms with E-state index in [1.165, 1.54) is 38.5 Å². The second-order valence-electron chi connectivity index (χ2n) is 5.85. The minimum Gasteiger partial charge on any atom is -0.0654 e. The van der Waals surface area contributed by atoms with Crippen molar-refractivity contribution in [2.75, 3.05) is 0 Å². The lowest BCUT2D eigenvalue weighted by atomic mass is 9.88. The molecule has 0 N–H and O–H groups in total. The average Bonchev–Trinajstić information content (AvgIpc) is 2.77. The van der Waals surface area contributed by atoms with Crippen molar-refractivity contribution in [2.24, 2.45) is 23.7 Å². The van der Waals surface area contributed by atoms with Gasteiger partial charge in [-0.15, -0.1) is 0 Å². The van der Waals surface area contributed by atoms with Crippen LogP contribution in [0.3, 0.4) is 0 Å². The van der Waals surface area contributed by atoms with Crippen LogP contribution in [0.4, 0.5) is 0 Å². The van der Waals surface area contributed by atoms with Gasteiger partial charge in [-0.25, -0.2) is 0 Å². The summed E-state index contributed by atoms with van der Waals surface area (Å²) in [6.45, 7) is 9.47. The van der Waals surface area contributed by atoms with Gasteiger partial charge in [-0.3, -0.25) is 0 Å². The molecule has 0 heterocycles. The average molecular weight is 196 g/mol. The van der Waals surface area contributed by atoms with Crippen molar-refractivity contribution < 1.29 is 0 Å². The van der Waals surface area contributed by atoms with Gasteiger partial charge in [0.05, 0.1) is 0 Å². The molecule has 0 aromatic heterocycles. The summed E-state index contributed by atoms with van der Waals surface area (Å²) in [6, 6.07) is 0. The standard InChI is InChI=1S/C14H28/c1-5-6-7-13(8-11(2)3)10-14-9-12(14)4/h11-14H,5-10H2,1-4H3. The molecule has 0 aromatic rings. The molecule has 84 valence electrons. The van der Waals surface area contributed by atoms with E-state index >= 15 is 0 Å². The molecule has 0 amide bonds. The van der Waals surface area contributed by atoms with Gasteiger partial charge in [0.2, 0.25) is 0 Å². The van der Waals surface area contributed by atoms with Crippen LogP contribution in [-0.2, 0) is 0 Å².